The Kier molecular flexibility index (Phi) is 33.0. The second kappa shape index (κ2) is 33.8. The monoisotopic (exact) mass is 609 g/mol. The molecule has 4 nitrogen and oxygen atoms in total. The first-order valence-electron chi connectivity index (χ1n) is 19.3. The summed E-state index contributed by atoms with van der Waals surface area (Å²) < 4.78 is 10.9. The summed E-state index contributed by atoms with van der Waals surface area (Å²) in [5.74, 6) is 1.30. The third-order valence-electron chi connectivity index (χ3n) is 9.14. The van der Waals surface area contributed by atoms with Gasteiger partial charge in [0.25, 0.3) is 0 Å². The first-order valence-corrected chi connectivity index (χ1v) is 19.3. The van der Waals surface area contributed by atoms with E-state index in [4.69, 9.17) is 9.47 Å². The average Bonchev–Trinajstić information content (AvgIpc) is 2.99. The van der Waals surface area contributed by atoms with Gasteiger partial charge in [-0.25, -0.2) is 0 Å². The molecule has 0 heterocycles. The molecule has 0 aromatic rings. The predicted molar refractivity (Wildman–Crippen MR) is 185 cm³/mol. The van der Waals surface area contributed by atoms with Crippen LogP contribution in [0.25, 0.3) is 0 Å². The van der Waals surface area contributed by atoms with Gasteiger partial charge in [0.1, 0.15) is 0 Å². The van der Waals surface area contributed by atoms with Crippen LogP contribution in [0, 0.1) is 11.8 Å². The molecule has 0 rings (SSSR count). The third-order valence-corrected chi connectivity index (χ3v) is 9.14. The zero-order chi connectivity index (χ0) is 31.6. The molecule has 0 N–H and O–H groups in total. The molecule has 0 aromatic carbocycles. The first kappa shape index (κ1) is 41.9. The Bertz CT molecular complexity index is 588. The van der Waals surface area contributed by atoms with E-state index in [1.807, 2.05) is 0 Å². The van der Waals surface area contributed by atoms with E-state index < -0.39 is 0 Å². The Morgan fingerprint density at radius 3 is 1.19 bits per heavy atom. The highest BCUT2D eigenvalue weighted by molar-refractivity contribution is 5.69. The van der Waals surface area contributed by atoms with Crippen LogP contribution in [0.15, 0.2) is 0 Å². The SMILES string of the molecule is CCCCCCCCOC(=O)CCCCCCCCCCCCCCCC(CCC(=O)OCCCCCCCC)C(C)C. The van der Waals surface area contributed by atoms with E-state index in [1.165, 1.54) is 141 Å². The zero-order valence-corrected chi connectivity index (χ0v) is 29.7. The molecule has 0 saturated carbocycles. The molecular weight excluding hydrogens is 532 g/mol. The first-order chi connectivity index (χ1) is 21.0. The van der Waals surface area contributed by atoms with E-state index in [-0.39, 0.29) is 11.9 Å². The molecule has 0 radical (unpaired) electrons. The van der Waals surface area contributed by atoms with E-state index in [2.05, 4.69) is 27.7 Å². The van der Waals surface area contributed by atoms with Gasteiger partial charge in [0.15, 0.2) is 0 Å². The third kappa shape index (κ3) is 32.2. The summed E-state index contributed by atoms with van der Waals surface area (Å²) >= 11 is 0. The summed E-state index contributed by atoms with van der Waals surface area (Å²) in [5, 5.41) is 0. The van der Waals surface area contributed by atoms with Gasteiger partial charge in [-0.2, -0.15) is 0 Å². The van der Waals surface area contributed by atoms with Gasteiger partial charge >= 0.3 is 11.9 Å². The standard InChI is InChI=1S/C39H76O4/c1-5-7-9-11-24-28-34-42-38(40)31-27-23-21-19-17-15-13-14-16-18-20-22-26-30-37(36(3)4)32-33-39(41)43-35-29-25-12-10-8-6-2/h36-37H,5-35H2,1-4H3. The smallest absolute Gasteiger partial charge is 0.305 e. The van der Waals surface area contributed by atoms with Crippen molar-refractivity contribution in [3.8, 4) is 0 Å². The topological polar surface area (TPSA) is 52.6 Å². The molecule has 0 amide bonds. The summed E-state index contributed by atoms with van der Waals surface area (Å²) in [4.78, 5) is 24.0. The summed E-state index contributed by atoms with van der Waals surface area (Å²) in [6, 6.07) is 0. The van der Waals surface area contributed by atoms with E-state index >= 15 is 0 Å². The Labute approximate surface area is 269 Å². The van der Waals surface area contributed by atoms with Crippen LogP contribution in [-0.4, -0.2) is 25.2 Å². The van der Waals surface area contributed by atoms with Crippen molar-refractivity contribution in [1.29, 1.82) is 0 Å². The number of hydrogen-bond donors (Lipinski definition) is 0. The molecule has 0 spiro atoms. The molecular formula is C39H76O4. The minimum absolute atomic E-state index is 0.00392. The van der Waals surface area contributed by atoms with Gasteiger partial charge in [0.05, 0.1) is 13.2 Å². The molecule has 1 atom stereocenters. The van der Waals surface area contributed by atoms with E-state index in [0.717, 1.165) is 32.1 Å². The molecule has 0 aromatic heterocycles. The van der Waals surface area contributed by atoms with Gasteiger partial charge in [0.2, 0.25) is 0 Å². The lowest BCUT2D eigenvalue weighted by Crippen LogP contribution is -2.13. The van der Waals surface area contributed by atoms with Crippen LogP contribution in [0.2, 0.25) is 0 Å². The van der Waals surface area contributed by atoms with Crippen molar-refractivity contribution in [2.45, 2.75) is 214 Å². The Morgan fingerprint density at radius 2 is 0.767 bits per heavy atom. The van der Waals surface area contributed by atoms with Crippen LogP contribution >= 0.6 is 0 Å². The molecule has 0 saturated heterocycles. The lowest BCUT2D eigenvalue weighted by molar-refractivity contribution is -0.145. The summed E-state index contributed by atoms with van der Waals surface area (Å²) in [5.41, 5.74) is 0. The zero-order valence-electron chi connectivity index (χ0n) is 29.7. The molecule has 4 heteroatoms. The van der Waals surface area contributed by atoms with Crippen LogP contribution in [-0.2, 0) is 19.1 Å². The van der Waals surface area contributed by atoms with E-state index in [1.54, 1.807) is 0 Å². The summed E-state index contributed by atoms with van der Waals surface area (Å²) in [6.45, 7) is 10.3. The number of esters is 2. The normalized spacial score (nSPS) is 12.1. The molecule has 0 fully saturated rings. The van der Waals surface area contributed by atoms with E-state index in [0.29, 0.717) is 37.9 Å². The van der Waals surface area contributed by atoms with Gasteiger partial charge in [-0.15, -0.1) is 0 Å². The maximum atomic E-state index is 12.2. The maximum Gasteiger partial charge on any atom is 0.305 e. The average molecular weight is 609 g/mol. The Morgan fingerprint density at radius 1 is 0.419 bits per heavy atom. The van der Waals surface area contributed by atoms with Gasteiger partial charge < -0.3 is 9.47 Å². The second-order valence-electron chi connectivity index (χ2n) is 13.7. The van der Waals surface area contributed by atoms with Gasteiger partial charge in [-0.3, -0.25) is 9.59 Å². The molecule has 0 aliphatic heterocycles. The Hall–Kier alpha value is -1.06. The quantitative estimate of drug-likeness (QED) is 0.0538. The highest BCUT2D eigenvalue weighted by atomic mass is 16.5. The van der Waals surface area contributed by atoms with E-state index in [9.17, 15) is 9.59 Å². The summed E-state index contributed by atoms with van der Waals surface area (Å²) in [7, 11) is 0. The number of carbonyl (C=O) groups is 2. The van der Waals surface area contributed by atoms with Crippen molar-refractivity contribution < 1.29 is 19.1 Å². The fourth-order valence-electron chi connectivity index (χ4n) is 6.02. The molecule has 0 bridgehead atoms. The molecule has 43 heavy (non-hydrogen) atoms. The minimum Gasteiger partial charge on any atom is -0.466 e. The molecule has 0 aliphatic rings. The number of unbranched alkanes of at least 4 members (excludes halogenated alkanes) is 22. The van der Waals surface area contributed by atoms with Crippen molar-refractivity contribution in [2.24, 2.45) is 11.8 Å². The Balaban J connectivity index is 3.47. The summed E-state index contributed by atoms with van der Waals surface area (Å²) in [6.07, 6.45) is 35.1. The highest BCUT2D eigenvalue weighted by Crippen LogP contribution is 2.25. The van der Waals surface area contributed by atoms with Crippen LogP contribution in [0.4, 0.5) is 0 Å². The van der Waals surface area contributed by atoms with Crippen molar-refractivity contribution in [3.63, 3.8) is 0 Å². The van der Waals surface area contributed by atoms with Crippen LogP contribution in [0.5, 0.6) is 0 Å². The minimum atomic E-state index is 0.00392. The largest absolute Gasteiger partial charge is 0.466 e. The maximum absolute atomic E-state index is 12.2. The number of ether oxygens (including phenoxy) is 2. The predicted octanol–water partition coefficient (Wildman–Crippen LogP) is 12.7. The highest BCUT2D eigenvalue weighted by Gasteiger charge is 2.15. The van der Waals surface area contributed by atoms with Gasteiger partial charge in [0, 0.05) is 12.8 Å². The molecule has 256 valence electrons. The van der Waals surface area contributed by atoms with Crippen molar-refractivity contribution in [1.82, 2.24) is 0 Å². The lowest BCUT2D eigenvalue weighted by Gasteiger charge is -2.20. The number of hydrogen-bond acceptors (Lipinski definition) is 4. The van der Waals surface area contributed by atoms with Crippen LogP contribution < -0.4 is 0 Å². The lowest BCUT2D eigenvalue weighted by atomic mass is 9.86. The fourth-order valence-corrected chi connectivity index (χ4v) is 6.02. The van der Waals surface area contributed by atoms with Gasteiger partial charge in [-0.05, 0) is 37.5 Å². The van der Waals surface area contributed by atoms with Crippen LogP contribution in [0.1, 0.15) is 214 Å². The van der Waals surface area contributed by atoms with Crippen molar-refractivity contribution >= 4 is 11.9 Å². The molecule has 1 unspecified atom stereocenters. The fraction of sp³-hybridized carbons (Fsp3) is 0.949. The molecule has 0 aliphatic carbocycles. The van der Waals surface area contributed by atoms with Crippen molar-refractivity contribution in [3.05, 3.63) is 0 Å². The number of rotatable bonds is 34. The second-order valence-corrected chi connectivity index (χ2v) is 13.7. The van der Waals surface area contributed by atoms with Crippen molar-refractivity contribution in [2.75, 3.05) is 13.2 Å². The van der Waals surface area contributed by atoms with Crippen LogP contribution in [0.3, 0.4) is 0 Å². The number of carbonyl (C=O) groups excluding carboxylic acids is 2. The van der Waals surface area contributed by atoms with Gasteiger partial charge in [-0.1, -0.05) is 175 Å².